The molecule has 4 fully saturated rings. The van der Waals surface area contributed by atoms with Gasteiger partial charge in [0.25, 0.3) is 0 Å². The Labute approximate surface area is 276 Å². The Morgan fingerprint density at radius 1 is 0.500 bits per heavy atom. The quantitative estimate of drug-likeness (QED) is 0.184. The second-order valence-corrected chi connectivity index (χ2v) is 15.3. The zero-order valence-corrected chi connectivity index (χ0v) is 29.1. The summed E-state index contributed by atoms with van der Waals surface area (Å²) in [5.41, 5.74) is 13.1. The summed E-state index contributed by atoms with van der Waals surface area (Å²) in [5, 5.41) is 0. The van der Waals surface area contributed by atoms with Crippen LogP contribution < -0.4 is 9.80 Å². The van der Waals surface area contributed by atoms with Gasteiger partial charge in [-0.1, -0.05) is 76.2 Å². The Balaban J connectivity index is 1.17. The van der Waals surface area contributed by atoms with Gasteiger partial charge >= 0.3 is 0 Å². The fraction of sp³-hybridized carbons (Fsp3) is 0.550. The van der Waals surface area contributed by atoms with Gasteiger partial charge in [-0.15, -0.1) is 0 Å². The lowest BCUT2D eigenvalue weighted by atomic mass is 9.72. The van der Waals surface area contributed by atoms with E-state index in [0.717, 1.165) is 52.6 Å². The predicted octanol–water partition coefficient (Wildman–Crippen LogP) is 6.78. The number of hydrogen-bond acceptors (Lipinski definition) is 6. The molecule has 4 heterocycles. The fourth-order valence-electron chi connectivity index (χ4n) is 7.80. The highest BCUT2D eigenvalue weighted by Gasteiger charge is 2.36. The van der Waals surface area contributed by atoms with E-state index in [4.69, 9.17) is 18.9 Å². The molecule has 4 saturated heterocycles. The van der Waals surface area contributed by atoms with Crippen LogP contribution in [0.5, 0.6) is 0 Å². The van der Waals surface area contributed by atoms with Crippen molar-refractivity contribution in [2.75, 3.05) is 62.4 Å². The van der Waals surface area contributed by atoms with Crippen LogP contribution in [0.2, 0.25) is 0 Å². The van der Waals surface area contributed by atoms with Crippen molar-refractivity contribution in [1.82, 2.24) is 0 Å². The molecule has 6 heteroatoms. The zero-order chi connectivity index (χ0) is 32.4. The topological polar surface area (TPSA) is 56.6 Å². The van der Waals surface area contributed by atoms with E-state index in [1.54, 1.807) is 0 Å². The summed E-state index contributed by atoms with van der Waals surface area (Å²) in [6.45, 7) is 25.7. The van der Waals surface area contributed by atoms with Gasteiger partial charge in [-0.2, -0.15) is 0 Å². The molecule has 0 aromatic heterocycles. The molecule has 4 aliphatic rings. The van der Waals surface area contributed by atoms with Gasteiger partial charge < -0.3 is 28.7 Å². The molecule has 246 valence electrons. The van der Waals surface area contributed by atoms with E-state index in [1.165, 1.54) is 55.9 Å². The number of nitrogens with zero attached hydrogens (tertiary/aromatic N) is 2. The van der Waals surface area contributed by atoms with Crippen LogP contribution >= 0.6 is 0 Å². The summed E-state index contributed by atoms with van der Waals surface area (Å²) >= 11 is 0. The van der Waals surface area contributed by atoms with Crippen molar-refractivity contribution in [1.29, 1.82) is 0 Å². The lowest BCUT2D eigenvalue weighted by Gasteiger charge is -2.35. The molecule has 3 aromatic rings. The maximum atomic E-state index is 5.65. The first-order valence-electron chi connectivity index (χ1n) is 17.2. The molecule has 0 saturated carbocycles. The molecule has 4 aliphatic heterocycles. The van der Waals surface area contributed by atoms with Crippen molar-refractivity contribution in [3.8, 4) is 0 Å². The SMILES string of the molecule is Cc1ccc(C(C)(C)c2ccc(C(C)(C)c3ccc(C)c(N(CC4CO4)CC4CO4)c3C)cc2)c(C)c1N(CC1CO1)CC1CO1. The Kier molecular flexibility index (Phi) is 8.24. The summed E-state index contributed by atoms with van der Waals surface area (Å²) in [6.07, 6.45) is 1.34. The van der Waals surface area contributed by atoms with Crippen LogP contribution in [0.3, 0.4) is 0 Å². The normalized spacial score (nSPS) is 23.3. The smallest absolute Gasteiger partial charge is 0.0984 e. The van der Waals surface area contributed by atoms with Crippen molar-refractivity contribution >= 4 is 11.4 Å². The van der Waals surface area contributed by atoms with Crippen molar-refractivity contribution in [2.45, 2.75) is 90.6 Å². The maximum Gasteiger partial charge on any atom is 0.0984 e. The number of ether oxygens (including phenoxy) is 4. The van der Waals surface area contributed by atoms with Crippen LogP contribution in [-0.4, -0.2) is 77.0 Å². The van der Waals surface area contributed by atoms with Gasteiger partial charge in [0.15, 0.2) is 0 Å². The number of aryl methyl sites for hydroxylation is 2. The van der Waals surface area contributed by atoms with Gasteiger partial charge in [0.1, 0.15) is 0 Å². The molecule has 7 rings (SSSR count). The molecule has 6 nitrogen and oxygen atoms in total. The van der Waals surface area contributed by atoms with Gasteiger partial charge in [-0.25, -0.2) is 0 Å². The van der Waals surface area contributed by atoms with E-state index >= 15 is 0 Å². The lowest BCUT2D eigenvalue weighted by molar-refractivity contribution is 0.388. The number of rotatable bonds is 14. The average molecular weight is 625 g/mol. The molecule has 0 bridgehead atoms. The van der Waals surface area contributed by atoms with E-state index in [-0.39, 0.29) is 10.8 Å². The molecular formula is C40H52N2O4. The third-order valence-corrected chi connectivity index (χ3v) is 10.9. The summed E-state index contributed by atoms with van der Waals surface area (Å²) in [7, 11) is 0. The maximum absolute atomic E-state index is 5.65. The van der Waals surface area contributed by atoms with Crippen LogP contribution in [0, 0.1) is 27.7 Å². The molecule has 0 N–H and O–H groups in total. The van der Waals surface area contributed by atoms with Crippen molar-refractivity contribution < 1.29 is 18.9 Å². The first kappa shape index (κ1) is 31.7. The summed E-state index contributed by atoms with van der Waals surface area (Å²) < 4.78 is 22.6. The highest BCUT2D eigenvalue weighted by Crippen LogP contribution is 2.42. The summed E-state index contributed by atoms with van der Waals surface area (Å²) in [4.78, 5) is 5.03. The number of epoxide rings is 4. The van der Waals surface area contributed by atoms with E-state index in [0.29, 0.717) is 24.4 Å². The number of hydrogen-bond donors (Lipinski definition) is 0. The molecule has 0 aliphatic carbocycles. The predicted molar refractivity (Wildman–Crippen MR) is 186 cm³/mol. The minimum Gasteiger partial charge on any atom is -0.371 e. The van der Waals surface area contributed by atoms with Crippen LogP contribution in [0.15, 0.2) is 48.5 Å². The highest BCUT2D eigenvalue weighted by molar-refractivity contribution is 5.66. The second-order valence-electron chi connectivity index (χ2n) is 15.3. The minimum atomic E-state index is -0.157. The number of anilines is 2. The average Bonchev–Trinajstić information content (AvgIpc) is 3.81. The summed E-state index contributed by atoms with van der Waals surface area (Å²) in [6, 6.07) is 18.7. The van der Waals surface area contributed by atoms with Crippen molar-refractivity contribution in [3.05, 3.63) is 93.0 Å². The fourth-order valence-corrected chi connectivity index (χ4v) is 7.80. The Morgan fingerprint density at radius 3 is 1.04 bits per heavy atom. The zero-order valence-electron chi connectivity index (χ0n) is 29.1. The highest BCUT2D eigenvalue weighted by atomic mass is 16.6. The van der Waals surface area contributed by atoms with E-state index < -0.39 is 0 Å². The van der Waals surface area contributed by atoms with E-state index in [9.17, 15) is 0 Å². The molecule has 3 aromatic carbocycles. The van der Waals surface area contributed by atoms with E-state index in [1.807, 2.05) is 0 Å². The molecule has 0 amide bonds. The van der Waals surface area contributed by atoms with Crippen LogP contribution in [0.4, 0.5) is 11.4 Å². The van der Waals surface area contributed by atoms with Gasteiger partial charge in [-0.05, 0) is 72.2 Å². The molecule has 4 atom stereocenters. The minimum absolute atomic E-state index is 0.157. The van der Waals surface area contributed by atoms with Crippen LogP contribution in [0.1, 0.15) is 72.2 Å². The Bertz CT molecular complexity index is 1430. The van der Waals surface area contributed by atoms with Gasteiger partial charge in [0, 0.05) is 48.4 Å². The standard InChI is InChI=1S/C40H52N2O4/c1-25-9-15-35(27(3)37(25)41(17-31-21-43-31)18-32-22-44-32)39(5,6)29-11-13-30(14-12-29)40(7,8)36-16-10-26(2)38(28(36)4)42(19-33-23-45-33)20-34-24-46-34/h9-16,31-34H,17-24H2,1-8H3. The Morgan fingerprint density at radius 2 is 0.783 bits per heavy atom. The van der Waals surface area contributed by atoms with Crippen LogP contribution in [-0.2, 0) is 29.8 Å². The lowest BCUT2D eigenvalue weighted by Crippen LogP contribution is -2.34. The molecular weight excluding hydrogens is 572 g/mol. The van der Waals surface area contributed by atoms with Gasteiger partial charge in [0.05, 0.1) is 50.8 Å². The second kappa shape index (κ2) is 12.0. The van der Waals surface area contributed by atoms with E-state index in [2.05, 4.69) is 114 Å². The largest absolute Gasteiger partial charge is 0.371 e. The molecule has 0 spiro atoms. The van der Waals surface area contributed by atoms with Gasteiger partial charge in [-0.3, -0.25) is 0 Å². The molecule has 0 radical (unpaired) electrons. The third kappa shape index (κ3) is 6.47. The van der Waals surface area contributed by atoms with Crippen LogP contribution in [0.25, 0.3) is 0 Å². The molecule has 4 unspecified atom stereocenters. The van der Waals surface area contributed by atoms with Crippen molar-refractivity contribution in [3.63, 3.8) is 0 Å². The number of benzene rings is 3. The first-order valence-corrected chi connectivity index (χ1v) is 17.2. The summed E-state index contributed by atoms with van der Waals surface area (Å²) in [5.74, 6) is 0. The van der Waals surface area contributed by atoms with Crippen molar-refractivity contribution in [2.24, 2.45) is 0 Å². The Hall–Kier alpha value is -2.90. The van der Waals surface area contributed by atoms with Gasteiger partial charge in [0.2, 0.25) is 0 Å². The first-order chi connectivity index (χ1) is 21.9. The molecule has 46 heavy (non-hydrogen) atoms. The third-order valence-electron chi connectivity index (χ3n) is 10.9. The monoisotopic (exact) mass is 624 g/mol.